The first-order valence-electron chi connectivity index (χ1n) is 6.23. The Bertz CT molecular complexity index is 237. The normalized spacial score (nSPS) is 36.2. The zero-order valence-electron chi connectivity index (χ0n) is 9.44. The average Bonchev–Trinajstić information content (AvgIpc) is 2.16. The maximum absolute atomic E-state index is 12.2. The second-order valence-corrected chi connectivity index (χ2v) is 5.22. The molecule has 15 heavy (non-hydrogen) atoms. The third-order valence-electron chi connectivity index (χ3n) is 4.42. The predicted molar refractivity (Wildman–Crippen MR) is 57.7 cm³/mol. The van der Waals surface area contributed by atoms with E-state index in [9.17, 15) is 8.78 Å². The molecule has 0 radical (unpaired) electrons. The van der Waals surface area contributed by atoms with Crippen molar-refractivity contribution < 1.29 is 8.78 Å². The van der Waals surface area contributed by atoms with E-state index >= 15 is 0 Å². The van der Waals surface area contributed by atoms with Gasteiger partial charge in [0.05, 0.1) is 0 Å². The Labute approximate surface area is 90.7 Å². The summed E-state index contributed by atoms with van der Waals surface area (Å²) >= 11 is 0. The average molecular weight is 214 g/mol. The van der Waals surface area contributed by atoms with Gasteiger partial charge in [-0.05, 0) is 49.0 Å². The third-order valence-corrected chi connectivity index (χ3v) is 4.42. The van der Waals surface area contributed by atoms with Crippen molar-refractivity contribution in [3.63, 3.8) is 0 Å². The van der Waals surface area contributed by atoms with E-state index in [4.69, 9.17) is 0 Å². The molecule has 2 fully saturated rings. The molecule has 0 amide bonds. The maximum Gasteiger partial charge on any atom is 0.269 e. The largest absolute Gasteiger partial charge is 0.269 e. The lowest BCUT2D eigenvalue weighted by molar-refractivity contribution is 0.165. The maximum atomic E-state index is 12.2. The molecule has 2 aliphatic rings. The van der Waals surface area contributed by atoms with Crippen molar-refractivity contribution in [1.29, 1.82) is 0 Å². The quantitative estimate of drug-likeness (QED) is 0.621. The van der Waals surface area contributed by atoms with E-state index in [1.807, 2.05) is 0 Å². The second-order valence-electron chi connectivity index (χ2n) is 5.22. The summed E-state index contributed by atoms with van der Waals surface area (Å²) in [4.78, 5) is 0. The van der Waals surface area contributed by atoms with Crippen molar-refractivity contribution in [3.8, 4) is 0 Å². The molecule has 0 aliphatic heterocycles. The van der Waals surface area contributed by atoms with Crippen molar-refractivity contribution in [2.75, 3.05) is 0 Å². The van der Waals surface area contributed by atoms with Crippen LogP contribution in [-0.4, -0.2) is 0 Å². The van der Waals surface area contributed by atoms with Crippen LogP contribution in [0.15, 0.2) is 11.7 Å². The standard InChI is InChI=1S/C13H20F2/c1-2-9-3-5-10(6-4-9)11-7-12(8-11)13(14)15/h9-11H,2-8H2,1H3/t9-,10-. The number of halogens is 2. The molecule has 0 saturated heterocycles. The highest BCUT2D eigenvalue weighted by atomic mass is 19.3. The van der Waals surface area contributed by atoms with Crippen molar-refractivity contribution in [2.45, 2.75) is 51.9 Å². The molecule has 0 aromatic carbocycles. The second kappa shape index (κ2) is 4.63. The number of hydrogen-bond acceptors (Lipinski definition) is 0. The Morgan fingerprint density at radius 2 is 1.67 bits per heavy atom. The van der Waals surface area contributed by atoms with Crippen LogP contribution in [-0.2, 0) is 0 Å². The van der Waals surface area contributed by atoms with E-state index in [0.29, 0.717) is 24.3 Å². The summed E-state index contributed by atoms with van der Waals surface area (Å²) in [5, 5.41) is 0. The summed E-state index contributed by atoms with van der Waals surface area (Å²) in [5.74, 6) is 2.24. The third kappa shape index (κ3) is 2.40. The van der Waals surface area contributed by atoms with Crippen LogP contribution in [0.3, 0.4) is 0 Å². The van der Waals surface area contributed by atoms with Crippen LogP contribution < -0.4 is 0 Å². The molecule has 0 atom stereocenters. The molecule has 2 aliphatic carbocycles. The van der Waals surface area contributed by atoms with E-state index in [-0.39, 0.29) is 0 Å². The molecule has 0 bridgehead atoms. The minimum Gasteiger partial charge on any atom is -0.173 e. The van der Waals surface area contributed by atoms with Gasteiger partial charge in [0.15, 0.2) is 0 Å². The van der Waals surface area contributed by atoms with Crippen molar-refractivity contribution >= 4 is 0 Å². The van der Waals surface area contributed by atoms with Crippen LogP contribution in [0.1, 0.15) is 51.9 Å². The fraction of sp³-hybridized carbons (Fsp3) is 0.846. The number of allylic oxidation sites excluding steroid dienone is 1. The summed E-state index contributed by atoms with van der Waals surface area (Å²) in [5.41, 5.74) is 0.428. The highest BCUT2D eigenvalue weighted by molar-refractivity contribution is 5.14. The van der Waals surface area contributed by atoms with Gasteiger partial charge in [0.25, 0.3) is 6.08 Å². The molecule has 0 nitrogen and oxygen atoms in total. The summed E-state index contributed by atoms with van der Waals surface area (Å²) in [6, 6.07) is 0. The molecule has 0 N–H and O–H groups in total. The number of rotatable bonds is 2. The molecule has 0 aromatic heterocycles. The van der Waals surface area contributed by atoms with Gasteiger partial charge in [0, 0.05) is 0 Å². The van der Waals surface area contributed by atoms with Gasteiger partial charge < -0.3 is 0 Å². The minimum absolute atomic E-state index is 0.428. The molecular weight excluding hydrogens is 194 g/mol. The Morgan fingerprint density at radius 1 is 1.07 bits per heavy atom. The Kier molecular flexibility index (Phi) is 3.42. The van der Waals surface area contributed by atoms with Gasteiger partial charge in [0.1, 0.15) is 0 Å². The number of hydrogen-bond donors (Lipinski definition) is 0. The topological polar surface area (TPSA) is 0 Å². The van der Waals surface area contributed by atoms with Crippen LogP contribution in [0.5, 0.6) is 0 Å². The van der Waals surface area contributed by atoms with Crippen LogP contribution >= 0.6 is 0 Å². The molecule has 86 valence electrons. The monoisotopic (exact) mass is 214 g/mol. The SMILES string of the molecule is CC[C@H]1CC[C@H](C2CC(=C(F)F)C2)CC1. The van der Waals surface area contributed by atoms with Gasteiger partial charge in [-0.1, -0.05) is 26.2 Å². The smallest absolute Gasteiger partial charge is 0.173 e. The van der Waals surface area contributed by atoms with Crippen LogP contribution in [0.2, 0.25) is 0 Å². The molecule has 2 saturated carbocycles. The van der Waals surface area contributed by atoms with Gasteiger partial charge in [-0.2, -0.15) is 8.78 Å². The van der Waals surface area contributed by atoms with E-state index < -0.39 is 6.08 Å². The summed E-state index contributed by atoms with van der Waals surface area (Å²) in [7, 11) is 0. The van der Waals surface area contributed by atoms with E-state index in [0.717, 1.165) is 11.8 Å². The molecule has 2 rings (SSSR count). The van der Waals surface area contributed by atoms with Crippen LogP contribution in [0.4, 0.5) is 8.78 Å². The lowest BCUT2D eigenvalue weighted by Crippen LogP contribution is -2.28. The van der Waals surface area contributed by atoms with E-state index in [2.05, 4.69) is 6.92 Å². The van der Waals surface area contributed by atoms with Crippen molar-refractivity contribution in [1.82, 2.24) is 0 Å². The molecule has 0 heterocycles. The van der Waals surface area contributed by atoms with Gasteiger partial charge in [-0.25, -0.2) is 0 Å². The fourth-order valence-electron chi connectivity index (χ4n) is 3.13. The molecule has 0 spiro atoms. The Hall–Kier alpha value is -0.400. The van der Waals surface area contributed by atoms with Crippen LogP contribution in [0, 0.1) is 17.8 Å². The first-order chi connectivity index (χ1) is 7.20. The summed E-state index contributed by atoms with van der Waals surface area (Å²) in [6.45, 7) is 2.26. The summed E-state index contributed by atoms with van der Waals surface area (Å²) < 4.78 is 24.4. The molecule has 2 heteroatoms. The lowest BCUT2D eigenvalue weighted by Gasteiger charge is -2.39. The fourth-order valence-corrected chi connectivity index (χ4v) is 3.13. The molecule has 0 unspecified atom stereocenters. The highest BCUT2D eigenvalue weighted by Crippen LogP contribution is 2.46. The summed E-state index contributed by atoms with van der Waals surface area (Å²) in [6.07, 6.45) is 6.47. The van der Waals surface area contributed by atoms with Crippen LogP contribution in [0.25, 0.3) is 0 Å². The zero-order chi connectivity index (χ0) is 10.8. The first kappa shape index (κ1) is 11.1. The van der Waals surface area contributed by atoms with E-state index in [1.165, 1.54) is 32.1 Å². The van der Waals surface area contributed by atoms with Gasteiger partial charge in [0.2, 0.25) is 0 Å². The van der Waals surface area contributed by atoms with Gasteiger partial charge in [-0.15, -0.1) is 0 Å². The molecule has 0 aromatic rings. The predicted octanol–water partition coefficient (Wildman–Crippen LogP) is 4.76. The lowest BCUT2D eigenvalue weighted by atomic mass is 9.66. The van der Waals surface area contributed by atoms with Gasteiger partial charge >= 0.3 is 0 Å². The first-order valence-corrected chi connectivity index (χ1v) is 6.23. The molecular formula is C13H20F2. The zero-order valence-corrected chi connectivity index (χ0v) is 9.44. The van der Waals surface area contributed by atoms with Gasteiger partial charge in [-0.3, -0.25) is 0 Å². The Balaban J connectivity index is 1.77. The van der Waals surface area contributed by atoms with E-state index in [1.54, 1.807) is 0 Å². The van der Waals surface area contributed by atoms with Crippen molar-refractivity contribution in [3.05, 3.63) is 11.7 Å². The highest BCUT2D eigenvalue weighted by Gasteiger charge is 2.35. The Morgan fingerprint density at radius 3 is 2.13 bits per heavy atom. The minimum atomic E-state index is -1.41. The van der Waals surface area contributed by atoms with Crippen molar-refractivity contribution in [2.24, 2.45) is 17.8 Å².